The highest BCUT2D eigenvalue weighted by molar-refractivity contribution is 7.12. The number of amides is 1. The first-order valence-corrected chi connectivity index (χ1v) is 7.68. The number of hydrogen-bond acceptors (Lipinski definition) is 3. The Labute approximate surface area is 132 Å². The van der Waals surface area contributed by atoms with Crippen molar-refractivity contribution in [3.05, 3.63) is 50.7 Å². The lowest BCUT2D eigenvalue weighted by molar-refractivity contribution is 0.103. The predicted octanol–water partition coefficient (Wildman–Crippen LogP) is 3.56. The molecule has 2 rings (SSSR count). The number of carbonyl (C=O) groups excluding carboxylic acids is 1. The number of aliphatic hydroxyl groups excluding tert-OH is 1. The number of hydrogen-bond donors (Lipinski definition) is 2. The van der Waals surface area contributed by atoms with Gasteiger partial charge < -0.3 is 10.4 Å². The summed E-state index contributed by atoms with van der Waals surface area (Å²) in [5.41, 5.74) is 2.55. The minimum Gasteiger partial charge on any atom is -0.384 e. The summed E-state index contributed by atoms with van der Waals surface area (Å²) in [5.74, 6) is 5.25. The first kappa shape index (κ1) is 15.6. The second kappa shape index (κ2) is 7.28. The third-order valence-corrected chi connectivity index (χ3v) is 4.21. The molecule has 21 heavy (non-hydrogen) atoms. The van der Waals surface area contributed by atoms with Gasteiger partial charge in [0.05, 0.1) is 5.02 Å². The zero-order chi connectivity index (χ0) is 15.2. The predicted molar refractivity (Wildman–Crippen MR) is 87.1 cm³/mol. The van der Waals surface area contributed by atoms with E-state index in [1.54, 1.807) is 11.4 Å². The van der Waals surface area contributed by atoms with Crippen molar-refractivity contribution >= 4 is 34.5 Å². The topological polar surface area (TPSA) is 49.3 Å². The smallest absolute Gasteiger partial charge is 0.267 e. The van der Waals surface area contributed by atoms with E-state index in [9.17, 15) is 4.79 Å². The molecule has 2 N–H and O–H groups in total. The second-order valence-electron chi connectivity index (χ2n) is 4.24. The van der Waals surface area contributed by atoms with Gasteiger partial charge in [0.15, 0.2) is 0 Å². The second-order valence-corrected chi connectivity index (χ2v) is 5.56. The van der Waals surface area contributed by atoms with E-state index in [0.717, 1.165) is 23.2 Å². The van der Waals surface area contributed by atoms with E-state index in [4.69, 9.17) is 16.7 Å². The van der Waals surface area contributed by atoms with Crippen LogP contribution in [0.5, 0.6) is 0 Å². The molecule has 2 aromatic rings. The van der Waals surface area contributed by atoms with Gasteiger partial charge >= 0.3 is 0 Å². The lowest BCUT2D eigenvalue weighted by Gasteiger charge is -2.10. The van der Waals surface area contributed by atoms with Crippen LogP contribution in [0.2, 0.25) is 5.02 Å². The molecular weight excluding hydrogens is 306 g/mol. The maximum Gasteiger partial charge on any atom is 0.267 e. The largest absolute Gasteiger partial charge is 0.384 e. The lowest BCUT2D eigenvalue weighted by Crippen LogP contribution is -2.12. The van der Waals surface area contributed by atoms with E-state index in [-0.39, 0.29) is 12.5 Å². The number of anilines is 1. The van der Waals surface area contributed by atoms with E-state index >= 15 is 0 Å². The molecule has 1 amide bonds. The third-order valence-electron chi connectivity index (χ3n) is 2.87. The molecule has 0 aliphatic heterocycles. The van der Waals surface area contributed by atoms with Crippen LogP contribution in [-0.4, -0.2) is 17.6 Å². The molecule has 0 spiro atoms. The molecule has 5 heteroatoms. The van der Waals surface area contributed by atoms with Crippen LogP contribution in [-0.2, 0) is 6.42 Å². The summed E-state index contributed by atoms with van der Waals surface area (Å²) < 4.78 is 0. The summed E-state index contributed by atoms with van der Waals surface area (Å²) in [4.78, 5) is 12.7. The highest BCUT2D eigenvalue weighted by atomic mass is 35.5. The van der Waals surface area contributed by atoms with Gasteiger partial charge in [-0.05, 0) is 41.6 Å². The summed E-state index contributed by atoms with van der Waals surface area (Å²) in [5, 5.41) is 13.8. The van der Waals surface area contributed by atoms with E-state index in [1.807, 2.05) is 25.1 Å². The highest BCUT2D eigenvalue weighted by Gasteiger charge is 2.13. The molecule has 0 saturated carbocycles. The summed E-state index contributed by atoms with van der Waals surface area (Å²) in [6.07, 6.45) is 0.766. The Morgan fingerprint density at radius 3 is 2.86 bits per heavy atom. The van der Waals surface area contributed by atoms with E-state index in [1.165, 1.54) is 11.3 Å². The summed E-state index contributed by atoms with van der Waals surface area (Å²) in [7, 11) is 0. The molecule has 1 aromatic heterocycles. The highest BCUT2D eigenvalue weighted by Crippen LogP contribution is 2.25. The van der Waals surface area contributed by atoms with Crippen molar-refractivity contribution in [2.45, 2.75) is 13.3 Å². The van der Waals surface area contributed by atoms with Crippen LogP contribution in [0.15, 0.2) is 29.6 Å². The molecule has 0 radical (unpaired) electrons. The number of carbonyl (C=O) groups is 1. The Kier molecular flexibility index (Phi) is 5.40. The van der Waals surface area contributed by atoms with Gasteiger partial charge in [0.2, 0.25) is 0 Å². The van der Waals surface area contributed by atoms with Crippen LogP contribution < -0.4 is 5.32 Å². The molecule has 0 fully saturated rings. The first-order valence-electron chi connectivity index (χ1n) is 6.42. The average molecular weight is 320 g/mol. The van der Waals surface area contributed by atoms with Gasteiger partial charge in [0.25, 0.3) is 5.91 Å². The van der Waals surface area contributed by atoms with Crippen LogP contribution in [0.4, 0.5) is 5.69 Å². The van der Waals surface area contributed by atoms with Crippen molar-refractivity contribution in [2.75, 3.05) is 11.9 Å². The SMILES string of the molecule is CCc1cc(C#CCO)ccc1NC(=O)c1sccc1Cl. The van der Waals surface area contributed by atoms with Gasteiger partial charge in [-0.15, -0.1) is 11.3 Å². The Hall–Kier alpha value is -1.80. The van der Waals surface area contributed by atoms with Crippen LogP contribution in [0.3, 0.4) is 0 Å². The zero-order valence-electron chi connectivity index (χ0n) is 11.4. The Balaban J connectivity index is 2.24. The quantitative estimate of drug-likeness (QED) is 0.850. The number of rotatable bonds is 3. The van der Waals surface area contributed by atoms with Crippen molar-refractivity contribution in [3.63, 3.8) is 0 Å². The standard InChI is InChI=1S/C16H14ClNO2S/c1-2-12-10-11(4-3-8-19)5-6-14(12)18-16(20)15-13(17)7-9-21-15/h5-7,9-10,19H,2,8H2,1H3,(H,18,20). The Morgan fingerprint density at radius 2 is 2.24 bits per heavy atom. The zero-order valence-corrected chi connectivity index (χ0v) is 13.0. The summed E-state index contributed by atoms with van der Waals surface area (Å²) in [6.45, 7) is 1.84. The molecular formula is C16H14ClNO2S. The number of halogens is 1. The van der Waals surface area contributed by atoms with Crippen molar-refractivity contribution in [1.29, 1.82) is 0 Å². The monoisotopic (exact) mass is 319 g/mol. The minimum atomic E-state index is -0.209. The molecule has 0 aliphatic rings. The maximum atomic E-state index is 12.2. The number of benzene rings is 1. The number of nitrogens with one attached hydrogen (secondary N) is 1. The summed E-state index contributed by atoms with van der Waals surface area (Å²) in [6, 6.07) is 7.25. The minimum absolute atomic E-state index is 0.170. The Bertz CT molecular complexity index is 713. The van der Waals surface area contributed by atoms with Gasteiger partial charge in [-0.1, -0.05) is 30.4 Å². The fourth-order valence-electron chi connectivity index (χ4n) is 1.86. The third kappa shape index (κ3) is 3.85. The van der Waals surface area contributed by atoms with Crippen LogP contribution in [0.1, 0.15) is 27.7 Å². The van der Waals surface area contributed by atoms with Gasteiger partial charge in [0.1, 0.15) is 11.5 Å². The van der Waals surface area contributed by atoms with Gasteiger partial charge in [0, 0.05) is 11.3 Å². The molecule has 108 valence electrons. The van der Waals surface area contributed by atoms with Gasteiger partial charge in [-0.3, -0.25) is 4.79 Å². The lowest BCUT2D eigenvalue weighted by atomic mass is 10.1. The van der Waals surface area contributed by atoms with E-state index in [0.29, 0.717) is 9.90 Å². The van der Waals surface area contributed by atoms with Gasteiger partial charge in [-0.25, -0.2) is 0 Å². The average Bonchev–Trinajstić information content (AvgIpc) is 2.92. The Morgan fingerprint density at radius 1 is 1.43 bits per heavy atom. The fourth-order valence-corrected chi connectivity index (χ4v) is 2.90. The van der Waals surface area contributed by atoms with Gasteiger partial charge in [-0.2, -0.15) is 0 Å². The van der Waals surface area contributed by atoms with Crippen LogP contribution in [0, 0.1) is 11.8 Å². The molecule has 0 aliphatic carbocycles. The van der Waals surface area contributed by atoms with Crippen molar-refractivity contribution in [2.24, 2.45) is 0 Å². The molecule has 3 nitrogen and oxygen atoms in total. The molecule has 0 bridgehead atoms. The molecule has 1 heterocycles. The van der Waals surface area contributed by atoms with Crippen LogP contribution in [0.25, 0.3) is 0 Å². The molecule has 0 atom stereocenters. The van der Waals surface area contributed by atoms with Crippen LogP contribution >= 0.6 is 22.9 Å². The van der Waals surface area contributed by atoms with Crippen molar-refractivity contribution in [3.8, 4) is 11.8 Å². The number of aryl methyl sites for hydroxylation is 1. The maximum absolute atomic E-state index is 12.2. The fraction of sp³-hybridized carbons (Fsp3) is 0.188. The normalized spacial score (nSPS) is 9.86. The number of aliphatic hydroxyl groups is 1. The molecule has 0 saturated heterocycles. The van der Waals surface area contributed by atoms with Crippen molar-refractivity contribution < 1.29 is 9.90 Å². The van der Waals surface area contributed by atoms with E-state index in [2.05, 4.69) is 17.2 Å². The first-order chi connectivity index (χ1) is 10.2. The molecule has 0 unspecified atom stereocenters. The number of thiophene rings is 1. The van der Waals surface area contributed by atoms with E-state index < -0.39 is 0 Å². The summed E-state index contributed by atoms with van der Waals surface area (Å²) >= 11 is 7.28. The molecule has 1 aromatic carbocycles. The van der Waals surface area contributed by atoms with Crippen molar-refractivity contribution in [1.82, 2.24) is 0 Å².